The maximum absolute atomic E-state index is 12.2. The second-order valence-electron chi connectivity index (χ2n) is 8.48. The van der Waals surface area contributed by atoms with Crippen molar-refractivity contribution in [1.82, 2.24) is 14.9 Å². The maximum atomic E-state index is 12.2. The normalized spacial score (nSPS) is 10.9. The number of carbonyl (C=O) groups excluding carboxylic acids is 1. The predicted octanol–water partition coefficient (Wildman–Crippen LogP) is 5.51. The van der Waals surface area contributed by atoms with Gasteiger partial charge in [0, 0.05) is 24.5 Å². The molecule has 1 heterocycles. The Morgan fingerprint density at radius 1 is 1.03 bits per heavy atom. The van der Waals surface area contributed by atoms with E-state index in [-0.39, 0.29) is 12.5 Å². The highest BCUT2D eigenvalue weighted by atomic mass is 35.5. The van der Waals surface area contributed by atoms with Gasteiger partial charge in [-0.1, -0.05) is 35.9 Å². The van der Waals surface area contributed by atoms with Crippen LogP contribution in [0.15, 0.2) is 66.7 Å². The van der Waals surface area contributed by atoms with E-state index in [2.05, 4.69) is 48.0 Å². The first kappa shape index (κ1) is 24.6. The van der Waals surface area contributed by atoms with Crippen molar-refractivity contribution in [2.45, 2.75) is 33.2 Å². The maximum Gasteiger partial charge on any atom is 0.257 e. The second-order valence-corrected chi connectivity index (χ2v) is 8.92. The quantitative estimate of drug-likeness (QED) is 0.281. The van der Waals surface area contributed by atoms with Gasteiger partial charge < -0.3 is 19.4 Å². The number of fused-ring (bicyclic) bond motifs is 1. The number of amides is 1. The van der Waals surface area contributed by atoms with Crippen molar-refractivity contribution in [3.8, 4) is 11.5 Å². The summed E-state index contributed by atoms with van der Waals surface area (Å²) in [7, 11) is 0. The number of ether oxygens (including phenoxy) is 2. The average molecular weight is 492 g/mol. The molecule has 0 radical (unpaired) electrons. The van der Waals surface area contributed by atoms with Crippen molar-refractivity contribution in [2.75, 3.05) is 19.8 Å². The predicted molar refractivity (Wildman–Crippen MR) is 139 cm³/mol. The van der Waals surface area contributed by atoms with Crippen LogP contribution >= 0.6 is 11.6 Å². The molecule has 0 saturated heterocycles. The molecule has 0 unspecified atom stereocenters. The zero-order valence-corrected chi connectivity index (χ0v) is 20.8. The van der Waals surface area contributed by atoms with Crippen LogP contribution in [0.25, 0.3) is 11.0 Å². The summed E-state index contributed by atoms with van der Waals surface area (Å²) in [5, 5.41) is 3.54. The first-order valence-electron chi connectivity index (χ1n) is 11.8. The Labute approximate surface area is 210 Å². The van der Waals surface area contributed by atoms with Crippen molar-refractivity contribution in [3.05, 3.63) is 88.7 Å². The van der Waals surface area contributed by atoms with E-state index in [9.17, 15) is 4.79 Å². The third-order valence-corrected chi connectivity index (χ3v) is 5.97. The van der Waals surface area contributed by atoms with E-state index < -0.39 is 0 Å². The molecule has 0 saturated carbocycles. The fourth-order valence-electron chi connectivity index (χ4n) is 3.88. The molecular weight excluding hydrogens is 462 g/mol. The van der Waals surface area contributed by atoms with Crippen molar-refractivity contribution < 1.29 is 14.3 Å². The molecule has 3 aromatic carbocycles. The Morgan fingerprint density at radius 2 is 1.83 bits per heavy atom. The molecule has 6 nitrogen and oxygen atoms in total. The molecule has 7 heteroatoms. The van der Waals surface area contributed by atoms with Crippen LogP contribution in [0.4, 0.5) is 0 Å². The number of nitrogens with zero attached hydrogens (tertiary/aromatic N) is 2. The minimum atomic E-state index is -0.176. The average Bonchev–Trinajstić information content (AvgIpc) is 3.20. The van der Waals surface area contributed by atoms with Crippen LogP contribution in [0.3, 0.4) is 0 Å². The Hall–Kier alpha value is -3.51. The fourth-order valence-corrected chi connectivity index (χ4v) is 4.00. The van der Waals surface area contributed by atoms with Gasteiger partial charge in [0.2, 0.25) is 0 Å². The summed E-state index contributed by atoms with van der Waals surface area (Å²) in [4.78, 5) is 17.0. The minimum Gasteiger partial charge on any atom is -0.493 e. The summed E-state index contributed by atoms with van der Waals surface area (Å²) >= 11 is 5.87. The monoisotopic (exact) mass is 491 g/mol. The molecule has 182 valence electrons. The highest BCUT2D eigenvalue weighted by Gasteiger charge is 2.11. The largest absolute Gasteiger partial charge is 0.493 e. The number of aryl methyl sites for hydroxylation is 3. The molecule has 1 amide bonds. The van der Waals surface area contributed by atoms with Gasteiger partial charge in [-0.25, -0.2) is 4.98 Å². The van der Waals surface area contributed by atoms with E-state index in [1.165, 1.54) is 5.56 Å². The van der Waals surface area contributed by atoms with Crippen LogP contribution in [0, 0.1) is 13.8 Å². The van der Waals surface area contributed by atoms with Gasteiger partial charge in [-0.15, -0.1) is 0 Å². The lowest BCUT2D eigenvalue weighted by Gasteiger charge is -2.12. The Balaban J connectivity index is 1.30. The zero-order valence-electron chi connectivity index (χ0n) is 20.1. The van der Waals surface area contributed by atoms with Crippen LogP contribution in [-0.4, -0.2) is 35.2 Å². The number of halogens is 1. The molecule has 0 spiro atoms. The number of imidazole rings is 1. The molecule has 0 atom stereocenters. The van der Waals surface area contributed by atoms with E-state index in [4.69, 9.17) is 26.1 Å². The molecule has 1 N–H and O–H groups in total. The lowest BCUT2D eigenvalue weighted by Crippen LogP contribution is -2.31. The fraction of sp³-hybridized carbons (Fsp3) is 0.286. The summed E-state index contributed by atoms with van der Waals surface area (Å²) in [5.41, 5.74) is 4.37. The molecule has 1 aromatic heterocycles. The summed E-state index contributed by atoms with van der Waals surface area (Å²) in [5.74, 6) is 2.31. The molecule has 0 aliphatic heterocycles. The summed E-state index contributed by atoms with van der Waals surface area (Å²) in [6, 6.07) is 21.3. The van der Waals surface area contributed by atoms with Crippen LogP contribution in [0.1, 0.15) is 23.4 Å². The lowest BCUT2D eigenvalue weighted by atomic mass is 10.1. The Morgan fingerprint density at radius 3 is 2.66 bits per heavy atom. The van der Waals surface area contributed by atoms with Crippen molar-refractivity contribution >= 4 is 28.5 Å². The number of hydrogen-bond donors (Lipinski definition) is 1. The van der Waals surface area contributed by atoms with E-state index in [0.29, 0.717) is 30.3 Å². The highest BCUT2D eigenvalue weighted by molar-refractivity contribution is 6.30. The smallest absolute Gasteiger partial charge is 0.257 e. The zero-order chi connectivity index (χ0) is 24.6. The van der Waals surface area contributed by atoms with Gasteiger partial charge in [-0.3, -0.25) is 4.79 Å². The molecule has 4 aromatic rings. The molecular formula is C28H30ClN3O3. The van der Waals surface area contributed by atoms with Crippen LogP contribution in [0.5, 0.6) is 11.5 Å². The van der Waals surface area contributed by atoms with Crippen LogP contribution in [0.2, 0.25) is 5.02 Å². The Bertz CT molecular complexity index is 1280. The number of benzene rings is 3. The highest BCUT2D eigenvalue weighted by Crippen LogP contribution is 2.20. The number of aromatic nitrogens is 2. The number of carbonyl (C=O) groups is 1. The van der Waals surface area contributed by atoms with Crippen LogP contribution in [-0.2, 0) is 17.8 Å². The summed E-state index contributed by atoms with van der Waals surface area (Å²) < 4.78 is 13.8. The van der Waals surface area contributed by atoms with Gasteiger partial charge in [0.15, 0.2) is 6.61 Å². The van der Waals surface area contributed by atoms with Gasteiger partial charge in [0.25, 0.3) is 5.91 Å². The molecule has 0 aliphatic rings. The van der Waals surface area contributed by atoms with Crippen molar-refractivity contribution in [1.29, 1.82) is 0 Å². The number of rotatable bonds is 11. The summed E-state index contributed by atoms with van der Waals surface area (Å²) in [6.07, 6.45) is 1.47. The molecule has 4 rings (SSSR count). The third kappa shape index (κ3) is 6.76. The topological polar surface area (TPSA) is 65.4 Å². The van der Waals surface area contributed by atoms with E-state index >= 15 is 0 Å². The first-order valence-corrected chi connectivity index (χ1v) is 12.2. The molecule has 0 aliphatic carbocycles. The minimum absolute atomic E-state index is 0.0479. The van der Waals surface area contributed by atoms with Gasteiger partial charge in [-0.05, 0) is 73.9 Å². The van der Waals surface area contributed by atoms with Crippen molar-refractivity contribution in [3.63, 3.8) is 0 Å². The van der Waals surface area contributed by atoms with E-state index in [0.717, 1.165) is 41.1 Å². The van der Waals surface area contributed by atoms with Gasteiger partial charge >= 0.3 is 0 Å². The van der Waals surface area contributed by atoms with E-state index in [1.54, 1.807) is 24.3 Å². The van der Waals surface area contributed by atoms with E-state index in [1.807, 2.05) is 18.2 Å². The SMILES string of the molecule is Cc1ccc(C)c(OCCCn2c(CCNC(=O)COc3ccc(Cl)cc3)nc3ccccc32)c1. The lowest BCUT2D eigenvalue weighted by molar-refractivity contribution is -0.123. The first-order chi connectivity index (χ1) is 17.0. The van der Waals surface area contributed by atoms with Gasteiger partial charge in [0.05, 0.1) is 17.6 Å². The standard InChI is InChI=1S/C28H30ClN3O3/c1-20-8-9-21(2)26(18-20)34-17-5-16-32-25-7-4-3-6-24(25)31-27(32)14-15-30-28(33)19-35-23-12-10-22(29)11-13-23/h3-4,6-13,18H,5,14-17,19H2,1-2H3,(H,30,33). The molecule has 0 fully saturated rings. The second kappa shape index (κ2) is 11.8. The third-order valence-electron chi connectivity index (χ3n) is 5.72. The van der Waals surface area contributed by atoms with Crippen molar-refractivity contribution in [2.24, 2.45) is 0 Å². The molecule has 0 bridgehead atoms. The summed E-state index contributed by atoms with van der Waals surface area (Å²) in [6.45, 7) is 5.96. The Kier molecular flexibility index (Phi) is 8.27. The van der Waals surface area contributed by atoms with Crippen LogP contribution < -0.4 is 14.8 Å². The number of nitrogens with one attached hydrogen (secondary N) is 1. The van der Waals surface area contributed by atoms with Gasteiger partial charge in [-0.2, -0.15) is 0 Å². The number of hydrogen-bond acceptors (Lipinski definition) is 4. The number of para-hydroxylation sites is 2. The molecule has 35 heavy (non-hydrogen) atoms. The van der Waals surface area contributed by atoms with Gasteiger partial charge in [0.1, 0.15) is 17.3 Å².